The third-order valence-electron chi connectivity index (χ3n) is 0.691. The summed E-state index contributed by atoms with van der Waals surface area (Å²) in [5, 5.41) is 0. The van der Waals surface area contributed by atoms with Crippen molar-refractivity contribution in [3.05, 3.63) is 0 Å². The van der Waals surface area contributed by atoms with Gasteiger partial charge >= 0.3 is 7.82 Å². The van der Waals surface area contributed by atoms with Crippen LogP contribution < -0.4 is 5.73 Å². The highest BCUT2D eigenvalue weighted by molar-refractivity contribution is 7.47. The lowest BCUT2D eigenvalue weighted by Gasteiger charge is -2.08. The molecule has 0 saturated heterocycles. The van der Waals surface area contributed by atoms with Crippen molar-refractivity contribution in [3.8, 4) is 0 Å². The summed E-state index contributed by atoms with van der Waals surface area (Å²) >= 11 is 0. The van der Waals surface area contributed by atoms with Gasteiger partial charge in [0.25, 0.3) is 0 Å². The highest BCUT2D eigenvalue weighted by Crippen LogP contribution is 2.42. The largest absolute Gasteiger partial charge is 0.472 e. The van der Waals surface area contributed by atoms with Crippen LogP contribution in [-0.2, 0) is 13.6 Å². The molecule has 0 rings (SSSR count). The zero-order valence-corrected chi connectivity index (χ0v) is 6.84. The van der Waals surface area contributed by atoms with E-state index in [1.165, 1.54) is 0 Å². The van der Waals surface area contributed by atoms with Crippen molar-refractivity contribution in [3.63, 3.8) is 0 Å². The Kier molecular flexibility index (Phi) is 4.85. The van der Waals surface area contributed by atoms with E-state index in [1.807, 2.05) is 0 Å². The van der Waals surface area contributed by atoms with E-state index in [1.54, 1.807) is 6.92 Å². The van der Waals surface area contributed by atoms with E-state index in [0.29, 0.717) is 6.54 Å². The smallest absolute Gasteiger partial charge is 0.356 e. The van der Waals surface area contributed by atoms with Gasteiger partial charge in [-0.2, -0.15) is 0 Å². The lowest BCUT2D eigenvalue weighted by atomic mass is 10.8. The summed E-state index contributed by atoms with van der Waals surface area (Å²) in [5.74, 6) is 0. The van der Waals surface area contributed by atoms with E-state index >= 15 is 0 Å². The molecule has 0 heterocycles. The second kappa shape index (κ2) is 4.82. The molecule has 0 amide bonds. The number of hydrogen-bond acceptors (Lipinski definition) is 3. The number of hydrogen-bond donors (Lipinski definition) is 2. The molecule has 1 atom stereocenters. The average molecular weight is 170 g/mol. The molecule has 0 saturated carbocycles. The van der Waals surface area contributed by atoms with Crippen molar-refractivity contribution in [1.82, 2.24) is 0 Å². The van der Waals surface area contributed by atoms with Crippen LogP contribution in [0, 0.1) is 0 Å². The lowest BCUT2D eigenvalue weighted by molar-refractivity contribution is -0.371. The Hall–Kier alpha value is 0.0700. The predicted octanol–water partition coefficient (Wildman–Crippen LogP) is -0.618. The van der Waals surface area contributed by atoms with E-state index in [2.05, 4.69) is 14.8 Å². The summed E-state index contributed by atoms with van der Waals surface area (Å²) in [7, 11) is -3.75. The lowest BCUT2D eigenvalue weighted by Crippen LogP contribution is -2.52. The normalized spacial score (nSPS) is 16.7. The SMILES string of the molecule is CCOP(=O)(O)OCC[NH3+]. The molecular formula is C4H13NO4P+. The fourth-order valence-electron chi connectivity index (χ4n) is 0.380. The molecule has 0 aliphatic heterocycles. The molecule has 0 bridgehead atoms. The fraction of sp³-hybridized carbons (Fsp3) is 1.00. The van der Waals surface area contributed by atoms with Gasteiger partial charge in [0.1, 0.15) is 6.61 Å². The first-order chi connectivity index (χ1) is 4.62. The van der Waals surface area contributed by atoms with Gasteiger partial charge in [0.2, 0.25) is 0 Å². The average Bonchev–Trinajstić information content (AvgIpc) is 1.84. The van der Waals surface area contributed by atoms with Crippen molar-refractivity contribution >= 4 is 7.82 Å². The Bertz CT molecular complexity index is 128. The Morgan fingerprint density at radius 3 is 2.60 bits per heavy atom. The van der Waals surface area contributed by atoms with Crippen LogP contribution in [0.1, 0.15) is 6.92 Å². The van der Waals surface area contributed by atoms with Crippen molar-refractivity contribution in [2.45, 2.75) is 6.92 Å². The Labute approximate surface area is 59.7 Å². The van der Waals surface area contributed by atoms with Gasteiger partial charge in [-0.15, -0.1) is 0 Å². The summed E-state index contributed by atoms with van der Waals surface area (Å²) in [6.45, 7) is 2.40. The minimum atomic E-state index is -3.75. The first kappa shape index (κ1) is 10.1. The van der Waals surface area contributed by atoms with Crippen LogP contribution in [0.3, 0.4) is 0 Å². The van der Waals surface area contributed by atoms with Crippen molar-refractivity contribution in [2.24, 2.45) is 0 Å². The van der Waals surface area contributed by atoms with E-state index < -0.39 is 7.82 Å². The van der Waals surface area contributed by atoms with Crippen molar-refractivity contribution < 1.29 is 24.2 Å². The van der Waals surface area contributed by atoms with Crippen molar-refractivity contribution in [2.75, 3.05) is 19.8 Å². The number of phosphoric ester groups is 1. The molecule has 0 aliphatic rings. The van der Waals surface area contributed by atoms with Gasteiger partial charge in [0.15, 0.2) is 0 Å². The summed E-state index contributed by atoms with van der Waals surface area (Å²) in [5.41, 5.74) is 3.44. The molecule has 1 unspecified atom stereocenters. The minimum absolute atomic E-state index is 0.147. The van der Waals surface area contributed by atoms with Crippen LogP contribution in [0.2, 0.25) is 0 Å². The zero-order valence-electron chi connectivity index (χ0n) is 5.95. The quantitative estimate of drug-likeness (QED) is 0.538. The summed E-state index contributed by atoms with van der Waals surface area (Å²) in [6.07, 6.45) is 0. The molecule has 6 heteroatoms. The third kappa shape index (κ3) is 4.90. The number of quaternary nitrogens is 1. The van der Waals surface area contributed by atoms with Gasteiger partial charge in [-0.3, -0.25) is 9.05 Å². The predicted molar refractivity (Wildman–Crippen MR) is 35.2 cm³/mol. The number of rotatable bonds is 5. The standard InChI is InChI=1S/C4H12NO4P/c1-2-8-10(6,7)9-4-3-5/h2-5H2,1H3,(H,6,7)/p+1. The molecule has 0 aromatic heterocycles. The first-order valence-corrected chi connectivity index (χ1v) is 4.53. The van der Waals surface area contributed by atoms with Crippen LogP contribution in [0.4, 0.5) is 0 Å². The molecule has 10 heavy (non-hydrogen) atoms. The summed E-state index contributed by atoms with van der Waals surface area (Å²) < 4.78 is 19.5. The molecule has 62 valence electrons. The fourth-order valence-corrected chi connectivity index (χ4v) is 1.14. The van der Waals surface area contributed by atoms with Gasteiger partial charge in [-0.05, 0) is 6.92 Å². The highest BCUT2D eigenvalue weighted by atomic mass is 31.2. The van der Waals surface area contributed by atoms with Gasteiger partial charge < -0.3 is 10.6 Å². The van der Waals surface area contributed by atoms with Crippen molar-refractivity contribution in [1.29, 1.82) is 0 Å². The van der Waals surface area contributed by atoms with Gasteiger partial charge in [0.05, 0.1) is 13.2 Å². The molecule has 0 fully saturated rings. The maximum Gasteiger partial charge on any atom is 0.472 e. The molecule has 0 aromatic carbocycles. The van der Waals surface area contributed by atoms with E-state index in [4.69, 9.17) is 4.89 Å². The maximum absolute atomic E-state index is 10.7. The van der Waals surface area contributed by atoms with Gasteiger partial charge in [-0.1, -0.05) is 0 Å². The molecule has 0 spiro atoms. The monoisotopic (exact) mass is 170 g/mol. The Morgan fingerprint density at radius 1 is 1.60 bits per heavy atom. The van der Waals surface area contributed by atoms with E-state index in [0.717, 1.165) is 0 Å². The molecule has 5 nitrogen and oxygen atoms in total. The van der Waals surface area contributed by atoms with E-state index in [9.17, 15) is 4.57 Å². The molecular weight excluding hydrogens is 157 g/mol. The second-order valence-electron chi connectivity index (χ2n) is 1.57. The van der Waals surface area contributed by atoms with Gasteiger partial charge in [0, 0.05) is 0 Å². The van der Waals surface area contributed by atoms with Gasteiger partial charge in [-0.25, -0.2) is 4.57 Å². The van der Waals surface area contributed by atoms with Crippen LogP contribution in [0.25, 0.3) is 0 Å². The summed E-state index contributed by atoms with van der Waals surface area (Å²) in [6, 6.07) is 0. The minimum Gasteiger partial charge on any atom is -0.356 e. The van der Waals surface area contributed by atoms with Crippen LogP contribution in [0.15, 0.2) is 0 Å². The Morgan fingerprint density at radius 2 is 2.20 bits per heavy atom. The zero-order chi connectivity index (χ0) is 8.04. The molecule has 0 radical (unpaired) electrons. The second-order valence-corrected chi connectivity index (χ2v) is 3.03. The number of phosphoric acid groups is 1. The third-order valence-corrected chi connectivity index (χ3v) is 1.78. The topological polar surface area (TPSA) is 83.4 Å². The molecule has 4 N–H and O–H groups in total. The van der Waals surface area contributed by atoms with Crippen LogP contribution >= 0.6 is 7.82 Å². The highest BCUT2D eigenvalue weighted by Gasteiger charge is 2.18. The van der Waals surface area contributed by atoms with Crippen LogP contribution in [0.5, 0.6) is 0 Å². The van der Waals surface area contributed by atoms with E-state index in [-0.39, 0.29) is 13.2 Å². The summed E-state index contributed by atoms with van der Waals surface area (Å²) in [4.78, 5) is 8.73. The van der Waals surface area contributed by atoms with Crippen LogP contribution in [-0.4, -0.2) is 24.7 Å². The molecule has 0 aliphatic carbocycles. The molecule has 0 aromatic rings. The first-order valence-electron chi connectivity index (χ1n) is 3.03. The Balaban J connectivity index is 3.53. The maximum atomic E-state index is 10.7.